The third kappa shape index (κ3) is 3.74. The van der Waals surface area contributed by atoms with Crippen LogP contribution in [0.3, 0.4) is 0 Å². The Morgan fingerprint density at radius 1 is 1.30 bits per heavy atom. The van der Waals surface area contributed by atoms with Crippen molar-refractivity contribution in [2.75, 3.05) is 12.4 Å². The van der Waals surface area contributed by atoms with E-state index in [2.05, 4.69) is 21.2 Å². The summed E-state index contributed by atoms with van der Waals surface area (Å²) in [5.74, 6) is 0.868. The highest BCUT2D eigenvalue weighted by Gasteiger charge is 2.08. The van der Waals surface area contributed by atoms with E-state index < -0.39 is 0 Å². The van der Waals surface area contributed by atoms with Gasteiger partial charge in [0.05, 0.1) is 7.11 Å². The molecule has 0 radical (unpaired) electrons. The molecule has 0 saturated carbocycles. The van der Waals surface area contributed by atoms with Crippen LogP contribution in [-0.4, -0.2) is 13.0 Å². The van der Waals surface area contributed by atoms with Gasteiger partial charge in [0.15, 0.2) is 0 Å². The number of amides is 1. The van der Waals surface area contributed by atoms with E-state index in [9.17, 15) is 4.79 Å². The topological polar surface area (TPSA) is 38.3 Å². The van der Waals surface area contributed by atoms with Crippen molar-refractivity contribution in [1.29, 1.82) is 0 Å². The number of hydrogen-bond acceptors (Lipinski definition) is 2. The molecule has 1 N–H and O–H groups in total. The molecule has 20 heavy (non-hydrogen) atoms. The number of rotatable bonds is 4. The minimum absolute atomic E-state index is 0.183. The Morgan fingerprint density at radius 2 is 2.10 bits per heavy atom. The molecule has 2 rings (SSSR count). The first-order valence-corrected chi connectivity index (χ1v) is 7.26. The van der Waals surface area contributed by atoms with E-state index in [1.165, 1.54) is 0 Å². The zero-order chi connectivity index (χ0) is 14.5. The fourth-order valence-corrected chi connectivity index (χ4v) is 2.39. The first-order valence-electron chi connectivity index (χ1n) is 5.93. The minimum Gasteiger partial charge on any atom is -0.497 e. The highest BCUT2D eigenvalue weighted by molar-refractivity contribution is 9.10. The normalized spacial score (nSPS) is 10.2. The Balaban J connectivity index is 2.20. The molecule has 0 spiro atoms. The lowest BCUT2D eigenvalue weighted by Crippen LogP contribution is -2.12. The Kier molecular flexibility index (Phi) is 5.04. The molecule has 3 nitrogen and oxygen atoms in total. The first-order chi connectivity index (χ1) is 9.62. The lowest BCUT2D eigenvalue weighted by Gasteiger charge is -2.09. The van der Waals surface area contributed by atoms with Crippen LogP contribution in [0.15, 0.2) is 46.9 Å². The van der Waals surface area contributed by atoms with Crippen molar-refractivity contribution in [1.82, 2.24) is 0 Å². The van der Waals surface area contributed by atoms with E-state index >= 15 is 0 Å². The summed E-state index contributed by atoms with van der Waals surface area (Å²) in [6.45, 7) is 0. The van der Waals surface area contributed by atoms with Gasteiger partial charge in [0.1, 0.15) is 5.75 Å². The predicted octanol–water partition coefficient (Wildman–Crippen LogP) is 4.45. The van der Waals surface area contributed by atoms with Crippen LogP contribution in [-0.2, 0) is 5.88 Å². The molecular formula is C15H13BrClNO2. The largest absolute Gasteiger partial charge is 0.497 e. The molecule has 0 saturated heterocycles. The number of anilines is 1. The second kappa shape index (κ2) is 6.77. The summed E-state index contributed by atoms with van der Waals surface area (Å²) >= 11 is 9.14. The third-order valence-corrected chi connectivity index (χ3v) is 3.47. The number of benzene rings is 2. The number of alkyl halides is 1. The number of hydrogen-bond donors (Lipinski definition) is 1. The molecular weight excluding hydrogens is 342 g/mol. The van der Waals surface area contributed by atoms with E-state index in [0.717, 1.165) is 10.0 Å². The average Bonchev–Trinajstić information content (AvgIpc) is 2.46. The lowest BCUT2D eigenvalue weighted by molar-refractivity contribution is 0.102. The smallest absolute Gasteiger partial charge is 0.255 e. The molecule has 104 valence electrons. The Labute approximate surface area is 131 Å². The number of ether oxygens (including phenoxy) is 1. The van der Waals surface area contributed by atoms with Gasteiger partial charge in [-0.3, -0.25) is 4.79 Å². The van der Waals surface area contributed by atoms with Crippen molar-refractivity contribution >= 4 is 39.1 Å². The van der Waals surface area contributed by atoms with Gasteiger partial charge >= 0.3 is 0 Å². The second-order valence-corrected chi connectivity index (χ2v) is 5.35. The van der Waals surface area contributed by atoms with Crippen molar-refractivity contribution < 1.29 is 9.53 Å². The number of methoxy groups -OCH3 is 1. The van der Waals surface area contributed by atoms with Gasteiger partial charge in [0.2, 0.25) is 0 Å². The second-order valence-electron chi connectivity index (χ2n) is 4.17. The summed E-state index contributed by atoms with van der Waals surface area (Å²) < 4.78 is 6.00. The standard InChI is InChI=1S/C15H13BrClNO2/c1-20-14-7-12(16)6-13(8-14)18-15(19)11-4-2-3-10(5-11)9-17/h2-8H,9H2,1H3,(H,18,19). The summed E-state index contributed by atoms with van der Waals surface area (Å²) in [5, 5.41) is 2.83. The van der Waals surface area contributed by atoms with Gasteiger partial charge in [0, 0.05) is 27.7 Å². The van der Waals surface area contributed by atoms with Gasteiger partial charge in [-0.25, -0.2) is 0 Å². The van der Waals surface area contributed by atoms with Gasteiger partial charge < -0.3 is 10.1 Å². The number of carbonyl (C=O) groups excluding carboxylic acids is 1. The highest BCUT2D eigenvalue weighted by Crippen LogP contribution is 2.25. The van der Waals surface area contributed by atoms with Gasteiger partial charge in [-0.2, -0.15) is 0 Å². The maximum absolute atomic E-state index is 12.2. The molecule has 0 atom stereocenters. The molecule has 0 aliphatic carbocycles. The first kappa shape index (κ1) is 14.9. The Morgan fingerprint density at radius 3 is 2.80 bits per heavy atom. The monoisotopic (exact) mass is 353 g/mol. The molecule has 0 aliphatic rings. The summed E-state index contributed by atoms with van der Waals surface area (Å²) in [5.41, 5.74) is 2.14. The molecule has 0 fully saturated rings. The number of nitrogens with one attached hydrogen (secondary N) is 1. The molecule has 0 unspecified atom stereocenters. The quantitative estimate of drug-likeness (QED) is 0.824. The van der Waals surface area contributed by atoms with E-state index in [1.54, 1.807) is 25.3 Å². The fraction of sp³-hybridized carbons (Fsp3) is 0.133. The molecule has 1 amide bonds. The van der Waals surface area contributed by atoms with Gasteiger partial charge in [-0.05, 0) is 29.8 Å². The predicted molar refractivity (Wildman–Crippen MR) is 84.6 cm³/mol. The average molecular weight is 355 g/mol. The van der Waals surface area contributed by atoms with Gasteiger partial charge in [-0.15, -0.1) is 11.6 Å². The van der Waals surface area contributed by atoms with Crippen LogP contribution in [0.1, 0.15) is 15.9 Å². The third-order valence-electron chi connectivity index (χ3n) is 2.71. The van der Waals surface area contributed by atoms with Crippen LogP contribution in [0.2, 0.25) is 0 Å². The van der Waals surface area contributed by atoms with Gasteiger partial charge in [0.25, 0.3) is 5.91 Å². The van der Waals surface area contributed by atoms with Crippen molar-refractivity contribution in [3.8, 4) is 5.75 Å². The van der Waals surface area contributed by atoms with E-state index in [1.807, 2.05) is 24.3 Å². The number of halogens is 2. The molecule has 2 aromatic carbocycles. The maximum Gasteiger partial charge on any atom is 0.255 e. The zero-order valence-corrected chi connectivity index (χ0v) is 13.2. The molecule has 0 aliphatic heterocycles. The van der Waals surface area contributed by atoms with Crippen LogP contribution in [0.4, 0.5) is 5.69 Å². The Bertz CT molecular complexity index is 631. The van der Waals surface area contributed by atoms with E-state index in [-0.39, 0.29) is 5.91 Å². The minimum atomic E-state index is -0.183. The molecule has 0 heterocycles. The van der Waals surface area contributed by atoms with Gasteiger partial charge in [-0.1, -0.05) is 28.1 Å². The van der Waals surface area contributed by atoms with Crippen LogP contribution in [0.25, 0.3) is 0 Å². The van der Waals surface area contributed by atoms with E-state index in [4.69, 9.17) is 16.3 Å². The lowest BCUT2D eigenvalue weighted by atomic mass is 10.1. The molecule has 0 aromatic heterocycles. The van der Waals surface area contributed by atoms with Crippen LogP contribution >= 0.6 is 27.5 Å². The van der Waals surface area contributed by atoms with Crippen molar-refractivity contribution in [3.05, 3.63) is 58.1 Å². The van der Waals surface area contributed by atoms with Crippen molar-refractivity contribution in [2.45, 2.75) is 5.88 Å². The molecule has 2 aromatic rings. The molecule has 5 heteroatoms. The van der Waals surface area contributed by atoms with E-state index in [0.29, 0.717) is 22.9 Å². The van der Waals surface area contributed by atoms with Crippen molar-refractivity contribution in [2.24, 2.45) is 0 Å². The Hall–Kier alpha value is -1.52. The van der Waals surface area contributed by atoms with Crippen molar-refractivity contribution in [3.63, 3.8) is 0 Å². The summed E-state index contributed by atoms with van der Waals surface area (Å²) in [4.78, 5) is 12.2. The zero-order valence-electron chi connectivity index (χ0n) is 10.8. The van der Waals surface area contributed by atoms with Crippen LogP contribution < -0.4 is 10.1 Å². The van der Waals surface area contributed by atoms with Crippen LogP contribution in [0, 0.1) is 0 Å². The summed E-state index contributed by atoms with van der Waals surface area (Å²) in [6, 6.07) is 12.6. The summed E-state index contributed by atoms with van der Waals surface area (Å²) in [6.07, 6.45) is 0. The molecule has 0 bridgehead atoms. The fourth-order valence-electron chi connectivity index (χ4n) is 1.75. The number of carbonyl (C=O) groups is 1. The highest BCUT2D eigenvalue weighted by atomic mass is 79.9. The SMILES string of the molecule is COc1cc(Br)cc(NC(=O)c2cccc(CCl)c2)c1. The maximum atomic E-state index is 12.2. The summed E-state index contributed by atoms with van der Waals surface area (Å²) in [7, 11) is 1.58. The van der Waals surface area contributed by atoms with Crippen LogP contribution in [0.5, 0.6) is 5.75 Å².